The zero-order valence-corrected chi connectivity index (χ0v) is 16.2. The van der Waals surface area contributed by atoms with Crippen molar-refractivity contribution in [3.05, 3.63) is 18.5 Å². The van der Waals surface area contributed by atoms with E-state index >= 15 is 0 Å². The Bertz CT molecular complexity index is 536. The number of rotatable bonds is 7. The fraction of sp³-hybridized carbons (Fsp3) is 0.762. The molecule has 1 aliphatic carbocycles. The Morgan fingerprint density at radius 1 is 1.15 bits per heavy atom. The lowest BCUT2D eigenvalue weighted by molar-refractivity contribution is -0.126. The lowest BCUT2D eigenvalue weighted by Crippen LogP contribution is -2.47. The minimum absolute atomic E-state index is 0.207. The predicted molar refractivity (Wildman–Crippen MR) is 105 cm³/mol. The second-order valence-electron chi connectivity index (χ2n) is 8.04. The summed E-state index contributed by atoms with van der Waals surface area (Å²) in [5, 5.41) is 3.36. The van der Waals surface area contributed by atoms with Crippen LogP contribution in [0.4, 0.5) is 5.95 Å². The fourth-order valence-electron chi connectivity index (χ4n) is 4.53. The van der Waals surface area contributed by atoms with Crippen molar-refractivity contribution in [3.8, 4) is 0 Å². The van der Waals surface area contributed by atoms with E-state index in [-0.39, 0.29) is 5.92 Å². The van der Waals surface area contributed by atoms with Gasteiger partial charge in [-0.25, -0.2) is 9.97 Å². The molecule has 1 saturated carbocycles. The van der Waals surface area contributed by atoms with Crippen LogP contribution in [0, 0.1) is 11.8 Å². The van der Waals surface area contributed by atoms with E-state index in [1.165, 1.54) is 32.1 Å². The molecule has 0 spiro atoms. The summed E-state index contributed by atoms with van der Waals surface area (Å²) in [7, 11) is 0. The molecular formula is C21H34N4O. The van der Waals surface area contributed by atoms with Gasteiger partial charge in [0.1, 0.15) is 0 Å². The van der Waals surface area contributed by atoms with E-state index < -0.39 is 0 Å². The number of anilines is 1. The number of piperidine rings is 1. The summed E-state index contributed by atoms with van der Waals surface area (Å²) >= 11 is 0. The van der Waals surface area contributed by atoms with Gasteiger partial charge < -0.3 is 10.2 Å². The van der Waals surface area contributed by atoms with Crippen molar-refractivity contribution in [1.82, 2.24) is 15.3 Å². The van der Waals surface area contributed by atoms with Crippen LogP contribution in [0.3, 0.4) is 0 Å². The Morgan fingerprint density at radius 3 is 2.50 bits per heavy atom. The Kier molecular flexibility index (Phi) is 7.27. The molecule has 1 N–H and O–H groups in total. The Hall–Kier alpha value is -1.65. The quantitative estimate of drug-likeness (QED) is 0.802. The molecule has 0 aromatic carbocycles. The largest absolute Gasteiger partial charge is 0.353 e. The van der Waals surface area contributed by atoms with Gasteiger partial charge >= 0.3 is 0 Å². The van der Waals surface area contributed by atoms with Gasteiger partial charge in [-0.2, -0.15) is 0 Å². The summed E-state index contributed by atoms with van der Waals surface area (Å²) < 4.78 is 0. The number of aromatic nitrogens is 2. The average Bonchev–Trinajstić information content (AvgIpc) is 2.70. The molecule has 1 saturated heterocycles. The number of hydrogen-bond acceptors (Lipinski definition) is 4. The van der Waals surface area contributed by atoms with Gasteiger partial charge in [-0.15, -0.1) is 0 Å². The van der Waals surface area contributed by atoms with Crippen LogP contribution in [-0.2, 0) is 4.79 Å². The summed E-state index contributed by atoms with van der Waals surface area (Å²) in [5.74, 6) is 2.08. The predicted octanol–water partition coefficient (Wildman–Crippen LogP) is 3.95. The number of amides is 1. The number of carbonyl (C=O) groups is 1. The van der Waals surface area contributed by atoms with Crippen LogP contribution in [0.5, 0.6) is 0 Å². The topological polar surface area (TPSA) is 58.1 Å². The van der Waals surface area contributed by atoms with Crippen LogP contribution >= 0.6 is 0 Å². The zero-order valence-electron chi connectivity index (χ0n) is 16.2. The second-order valence-corrected chi connectivity index (χ2v) is 8.04. The lowest BCUT2D eigenvalue weighted by Gasteiger charge is -2.33. The van der Waals surface area contributed by atoms with E-state index in [4.69, 9.17) is 0 Å². The summed E-state index contributed by atoms with van der Waals surface area (Å²) in [6.07, 6.45) is 15.5. The smallest absolute Gasteiger partial charge is 0.225 e. The van der Waals surface area contributed by atoms with E-state index in [0.717, 1.165) is 57.1 Å². The number of nitrogens with one attached hydrogen (secondary N) is 1. The molecule has 1 unspecified atom stereocenters. The van der Waals surface area contributed by atoms with Crippen LogP contribution < -0.4 is 10.2 Å². The average molecular weight is 359 g/mol. The van der Waals surface area contributed by atoms with Crippen molar-refractivity contribution in [2.45, 2.75) is 77.2 Å². The SMILES string of the molecule is CCCC(CC1CCCCC1)C(=O)NC1CCN(c2ncccn2)CC1. The van der Waals surface area contributed by atoms with Crippen LogP contribution in [0.25, 0.3) is 0 Å². The molecule has 144 valence electrons. The number of carbonyl (C=O) groups excluding carboxylic acids is 1. The molecule has 2 heterocycles. The first-order valence-corrected chi connectivity index (χ1v) is 10.6. The highest BCUT2D eigenvalue weighted by Gasteiger charge is 2.27. The molecule has 0 bridgehead atoms. The van der Waals surface area contributed by atoms with Gasteiger partial charge in [0.2, 0.25) is 11.9 Å². The van der Waals surface area contributed by atoms with Crippen LogP contribution in [0.1, 0.15) is 71.1 Å². The summed E-state index contributed by atoms with van der Waals surface area (Å²) in [5.41, 5.74) is 0. The minimum Gasteiger partial charge on any atom is -0.353 e. The molecule has 2 aliphatic rings. The Labute approximate surface area is 158 Å². The molecule has 2 fully saturated rings. The Balaban J connectivity index is 1.46. The molecule has 1 aromatic heterocycles. The fourth-order valence-corrected chi connectivity index (χ4v) is 4.53. The highest BCUT2D eigenvalue weighted by atomic mass is 16.1. The van der Waals surface area contributed by atoms with Crippen molar-refractivity contribution in [2.24, 2.45) is 11.8 Å². The van der Waals surface area contributed by atoms with Crippen LogP contribution in [-0.4, -0.2) is 35.0 Å². The molecule has 26 heavy (non-hydrogen) atoms. The molecule has 3 rings (SSSR count). The maximum atomic E-state index is 12.9. The van der Waals surface area contributed by atoms with E-state index in [1.807, 2.05) is 6.07 Å². The van der Waals surface area contributed by atoms with Crippen molar-refractivity contribution < 1.29 is 4.79 Å². The van der Waals surface area contributed by atoms with Gasteiger partial charge in [0.25, 0.3) is 0 Å². The van der Waals surface area contributed by atoms with E-state index in [9.17, 15) is 4.79 Å². The molecule has 1 amide bonds. The first kappa shape index (κ1) is 19.1. The summed E-state index contributed by atoms with van der Waals surface area (Å²) in [6.45, 7) is 4.02. The van der Waals surface area contributed by atoms with Crippen LogP contribution in [0.15, 0.2) is 18.5 Å². The third-order valence-electron chi connectivity index (χ3n) is 6.03. The number of nitrogens with zero attached hydrogens (tertiary/aromatic N) is 3. The molecular weight excluding hydrogens is 324 g/mol. The molecule has 1 aliphatic heterocycles. The normalized spacial score (nSPS) is 20.7. The van der Waals surface area contributed by atoms with Crippen LogP contribution in [0.2, 0.25) is 0 Å². The standard InChI is InChI=1S/C21H34N4O/c1-2-7-18(16-17-8-4-3-5-9-17)20(26)24-19-10-14-25(15-11-19)21-22-12-6-13-23-21/h6,12-13,17-19H,2-5,7-11,14-16H2,1H3,(H,24,26). The maximum Gasteiger partial charge on any atom is 0.225 e. The monoisotopic (exact) mass is 358 g/mol. The molecule has 0 radical (unpaired) electrons. The molecule has 1 aromatic rings. The van der Waals surface area contributed by atoms with Crippen molar-refractivity contribution in [1.29, 1.82) is 0 Å². The summed E-state index contributed by atoms with van der Waals surface area (Å²) in [4.78, 5) is 23.8. The van der Waals surface area contributed by atoms with Crippen molar-refractivity contribution >= 4 is 11.9 Å². The first-order valence-electron chi connectivity index (χ1n) is 10.6. The van der Waals surface area contributed by atoms with E-state index in [1.54, 1.807) is 12.4 Å². The zero-order chi connectivity index (χ0) is 18.2. The highest BCUT2D eigenvalue weighted by Crippen LogP contribution is 2.31. The van der Waals surface area contributed by atoms with E-state index in [0.29, 0.717) is 11.9 Å². The third kappa shape index (κ3) is 5.42. The van der Waals surface area contributed by atoms with Crippen molar-refractivity contribution in [2.75, 3.05) is 18.0 Å². The summed E-state index contributed by atoms with van der Waals surface area (Å²) in [6, 6.07) is 2.14. The third-order valence-corrected chi connectivity index (χ3v) is 6.03. The molecule has 5 nitrogen and oxygen atoms in total. The minimum atomic E-state index is 0.207. The van der Waals surface area contributed by atoms with Gasteiger partial charge in [-0.05, 0) is 37.7 Å². The highest BCUT2D eigenvalue weighted by molar-refractivity contribution is 5.79. The number of hydrogen-bond donors (Lipinski definition) is 1. The van der Waals surface area contributed by atoms with Gasteiger partial charge in [0.05, 0.1) is 0 Å². The first-order chi connectivity index (χ1) is 12.8. The van der Waals surface area contributed by atoms with E-state index in [2.05, 4.69) is 27.1 Å². The Morgan fingerprint density at radius 2 is 1.85 bits per heavy atom. The molecule has 5 heteroatoms. The van der Waals surface area contributed by atoms with Gasteiger partial charge in [0.15, 0.2) is 0 Å². The van der Waals surface area contributed by atoms with Gasteiger partial charge in [0, 0.05) is 37.4 Å². The molecule has 1 atom stereocenters. The maximum absolute atomic E-state index is 12.9. The second kappa shape index (κ2) is 9.89. The van der Waals surface area contributed by atoms with Crippen molar-refractivity contribution in [3.63, 3.8) is 0 Å². The van der Waals surface area contributed by atoms with Gasteiger partial charge in [-0.3, -0.25) is 4.79 Å². The lowest BCUT2D eigenvalue weighted by atomic mass is 9.81. The van der Waals surface area contributed by atoms with Gasteiger partial charge in [-0.1, -0.05) is 45.4 Å².